The van der Waals surface area contributed by atoms with Crippen LogP contribution >= 0.6 is 0 Å². The van der Waals surface area contributed by atoms with Gasteiger partial charge in [-0.05, 0) is 79.0 Å². The quantitative estimate of drug-likeness (QED) is 0.331. The molecular weight excluding hydrogens is 539 g/mol. The Kier molecular flexibility index (Phi) is 10.6. The van der Waals surface area contributed by atoms with Crippen molar-refractivity contribution < 1.29 is 37.0 Å². The monoisotopic (exact) mass is 577 g/mol. The number of carbonyl (C=O) groups is 3. The lowest BCUT2D eigenvalue weighted by Crippen LogP contribution is -2.45. The van der Waals surface area contributed by atoms with E-state index >= 15 is 0 Å². The summed E-state index contributed by atoms with van der Waals surface area (Å²) in [6.45, 7) is 7.11. The molecule has 0 aromatic heterocycles. The predicted octanol–water partition coefficient (Wildman–Crippen LogP) is 6.52. The first-order chi connectivity index (χ1) is 19.2. The maximum Gasteiger partial charge on any atom is 0.573 e. The van der Waals surface area contributed by atoms with Crippen LogP contribution in [0.15, 0.2) is 48.5 Å². The highest BCUT2D eigenvalue weighted by molar-refractivity contribution is 5.94. The number of esters is 1. The minimum Gasteiger partial charge on any atom is -0.469 e. The molecule has 0 saturated heterocycles. The molecule has 0 spiro atoms. The highest BCUT2D eigenvalue weighted by Gasteiger charge is 2.34. The van der Waals surface area contributed by atoms with Gasteiger partial charge in [0.1, 0.15) is 5.75 Å². The molecule has 41 heavy (non-hydrogen) atoms. The molecule has 3 rings (SSSR count). The fourth-order valence-electron chi connectivity index (χ4n) is 5.00. The number of urea groups is 1. The van der Waals surface area contributed by atoms with Crippen LogP contribution in [0.25, 0.3) is 0 Å². The summed E-state index contributed by atoms with van der Waals surface area (Å²) < 4.78 is 46.0. The van der Waals surface area contributed by atoms with Crippen LogP contribution in [0, 0.1) is 11.3 Å². The van der Waals surface area contributed by atoms with Gasteiger partial charge >= 0.3 is 18.4 Å². The fraction of sp³-hybridized carbons (Fsp3) is 0.500. The van der Waals surface area contributed by atoms with Gasteiger partial charge in [-0.15, -0.1) is 13.2 Å². The first-order valence-corrected chi connectivity index (χ1v) is 13.6. The first kappa shape index (κ1) is 31.8. The van der Waals surface area contributed by atoms with E-state index in [1.54, 1.807) is 29.2 Å². The van der Waals surface area contributed by atoms with E-state index in [-0.39, 0.29) is 48.7 Å². The van der Waals surface area contributed by atoms with Crippen molar-refractivity contribution >= 4 is 23.6 Å². The molecule has 0 bridgehead atoms. The van der Waals surface area contributed by atoms with Crippen LogP contribution in [0.4, 0.5) is 23.7 Å². The Morgan fingerprint density at radius 2 is 1.54 bits per heavy atom. The molecule has 0 aliphatic heterocycles. The summed E-state index contributed by atoms with van der Waals surface area (Å²) in [6, 6.07) is 11.5. The number of benzene rings is 2. The Balaban J connectivity index is 1.71. The smallest absolute Gasteiger partial charge is 0.469 e. The molecule has 3 amide bonds. The van der Waals surface area contributed by atoms with E-state index in [0.29, 0.717) is 17.2 Å². The van der Waals surface area contributed by atoms with Crippen molar-refractivity contribution in [2.75, 3.05) is 19.0 Å². The Morgan fingerprint density at radius 3 is 2.07 bits per heavy atom. The standard InChI is InChI=1S/C30H38F3N3O5/c1-29(2,3)22-9-13-24(14-10-22)36(28(39)35-23-11-15-25(16-12-23)41-30(31,32)33)19-20-5-7-21(8-6-20)27(38)34-18-17-26(37)40-4/h5-8,11-12,15-16,22,24H,9-10,13-14,17-19H2,1-4H3,(H,34,38)(H,35,39). The van der Waals surface area contributed by atoms with E-state index in [4.69, 9.17) is 0 Å². The molecule has 2 N–H and O–H groups in total. The van der Waals surface area contributed by atoms with Crippen molar-refractivity contribution in [2.45, 2.75) is 71.8 Å². The van der Waals surface area contributed by atoms with Crippen LogP contribution < -0.4 is 15.4 Å². The summed E-state index contributed by atoms with van der Waals surface area (Å²) in [5, 5.41) is 5.47. The molecule has 0 unspecified atom stereocenters. The molecule has 1 aliphatic rings. The van der Waals surface area contributed by atoms with Gasteiger partial charge in [0, 0.05) is 30.4 Å². The number of hydrogen-bond donors (Lipinski definition) is 2. The van der Waals surface area contributed by atoms with E-state index < -0.39 is 12.3 Å². The van der Waals surface area contributed by atoms with Crippen LogP contribution in [-0.4, -0.2) is 48.9 Å². The van der Waals surface area contributed by atoms with Gasteiger partial charge in [-0.3, -0.25) is 9.59 Å². The topological polar surface area (TPSA) is 97.0 Å². The number of carbonyl (C=O) groups excluding carboxylic acids is 3. The van der Waals surface area contributed by atoms with Gasteiger partial charge in [-0.2, -0.15) is 0 Å². The van der Waals surface area contributed by atoms with Gasteiger partial charge in [0.2, 0.25) is 0 Å². The summed E-state index contributed by atoms with van der Waals surface area (Å²) in [5.74, 6) is -0.571. The SMILES string of the molecule is COC(=O)CCNC(=O)c1ccc(CN(C(=O)Nc2ccc(OC(F)(F)F)cc2)C2CCC(C(C)(C)C)CC2)cc1. The summed E-state index contributed by atoms with van der Waals surface area (Å²) >= 11 is 0. The maximum atomic E-state index is 13.5. The zero-order valence-corrected chi connectivity index (χ0v) is 23.8. The number of anilines is 1. The summed E-state index contributed by atoms with van der Waals surface area (Å²) in [7, 11) is 1.28. The van der Waals surface area contributed by atoms with E-state index in [0.717, 1.165) is 43.4 Å². The number of alkyl halides is 3. The highest BCUT2D eigenvalue weighted by Crippen LogP contribution is 2.39. The molecule has 1 aliphatic carbocycles. The summed E-state index contributed by atoms with van der Waals surface area (Å²) in [4.78, 5) is 38.9. The number of halogens is 3. The molecule has 2 aromatic carbocycles. The lowest BCUT2D eigenvalue weighted by Gasteiger charge is -2.41. The first-order valence-electron chi connectivity index (χ1n) is 13.6. The van der Waals surface area contributed by atoms with Crippen LogP contribution in [0.2, 0.25) is 0 Å². The predicted molar refractivity (Wildman–Crippen MR) is 148 cm³/mol. The van der Waals surface area contributed by atoms with Gasteiger partial charge in [-0.25, -0.2) is 4.79 Å². The molecule has 0 heterocycles. The van der Waals surface area contributed by atoms with Crippen LogP contribution in [0.3, 0.4) is 0 Å². The van der Waals surface area contributed by atoms with Gasteiger partial charge in [0.05, 0.1) is 13.5 Å². The van der Waals surface area contributed by atoms with E-state index in [1.165, 1.54) is 19.2 Å². The number of nitrogens with zero attached hydrogens (tertiary/aromatic N) is 1. The lowest BCUT2D eigenvalue weighted by atomic mass is 9.71. The zero-order chi connectivity index (χ0) is 30.2. The fourth-order valence-corrected chi connectivity index (χ4v) is 5.00. The average molecular weight is 578 g/mol. The molecule has 2 aromatic rings. The number of hydrogen-bond acceptors (Lipinski definition) is 5. The molecule has 224 valence electrons. The largest absolute Gasteiger partial charge is 0.573 e. The molecule has 0 atom stereocenters. The van der Waals surface area contributed by atoms with Gasteiger partial charge < -0.3 is 25.0 Å². The molecule has 11 heteroatoms. The maximum absolute atomic E-state index is 13.5. The Labute approximate surface area is 238 Å². The second kappa shape index (κ2) is 13.7. The third-order valence-corrected chi connectivity index (χ3v) is 7.37. The molecule has 8 nitrogen and oxygen atoms in total. The third-order valence-electron chi connectivity index (χ3n) is 7.37. The second-order valence-electron chi connectivity index (χ2n) is 11.3. The van der Waals surface area contributed by atoms with E-state index in [9.17, 15) is 27.6 Å². The van der Waals surface area contributed by atoms with Crippen molar-refractivity contribution in [1.29, 1.82) is 0 Å². The van der Waals surface area contributed by atoms with Gasteiger partial charge in [-0.1, -0.05) is 32.9 Å². The van der Waals surface area contributed by atoms with Crippen molar-refractivity contribution in [2.24, 2.45) is 11.3 Å². The van der Waals surface area contributed by atoms with Crippen LogP contribution in [-0.2, 0) is 16.1 Å². The minimum absolute atomic E-state index is 0.0252. The number of rotatable bonds is 9. The van der Waals surface area contributed by atoms with E-state index in [2.05, 4.69) is 40.9 Å². The lowest BCUT2D eigenvalue weighted by molar-refractivity contribution is -0.274. The van der Waals surface area contributed by atoms with Gasteiger partial charge in [0.15, 0.2) is 0 Å². The number of ether oxygens (including phenoxy) is 2. The van der Waals surface area contributed by atoms with Crippen molar-refractivity contribution in [3.8, 4) is 5.75 Å². The Morgan fingerprint density at radius 1 is 0.927 bits per heavy atom. The Hall–Kier alpha value is -3.76. The molecule has 0 radical (unpaired) electrons. The third kappa shape index (κ3) is 9.98. The number of nitrogens with one attached hydrogen (secondary N) is 2. The molecule has 1 saturated carbocycles. The van der Waals surface area contributed by atoms with Gasteiger partial charge in [0.25, 0.3) is 5.91 Å². The van der Waals surface area contributed by atoms with Crippen molar-refractivity contribution in [1.82, 2.24) is 10.2 Å². The van der Waals surface area contributed by atoms with Crippen molar-refractivity contribution in [3.63, 3.8) is 0 Å². The highest BCUT2D eigenvalue weighted by atomic mass is 19.4. The van der Waals surface area contributed by atoms with Crippen molar-refractivity contribution in [3.05, 3.63) is 59.7 Å². The van der Waals surface area contributed by atoms with Crippen LogP contribution in [0.1, 0.15) is 68.8 Å². The van der Waals surface area contributed by atoms with Crippen LogP contribution in [0.5, 0.6) is 5.75 Å². The Bertz CT molecular complexity index is 1170. The molecular formula is C30H38F3N3O5. The number of amides is 3. The summed E-state index contributed by atoms with van der Waals surface area (Å²) in [5.41, 5.74) is 1.75. The normalized spacial score (nSPS) is 17.3. The number of methoxy groups -OCH3 is 1. The molecule has 1 fully saturated rings. The second-order valence-corrected chi connectivity index (χ2v) is 11.3. The zero-order valence-electron chi connectivity index (χ0n) is 23.8. The average Bonchev–Trinajstić information content (AvgIpc) is 2.91. The van der Waals surface area contributed by atoms with E-state index in [1.807, 2.05) is 0 Å². The minimum atomic E-state index is -4.80. The summed E-state index contributed by atoms with van der Waals surface area (Å²) in [6.07, 6.45) is -1.12.